The number of halogens is 2. The van der Waals surface area contributed by atoms with Crippen LogP contribution in [0, 0.1) is 5.82 Å². The van der Waals surface area contributed by atoms with Gasteiger partial charge in [-0.3, -0.25) is 4.79 Å². The van der Waals surface area contributed by atoms with E-state index in [0.29, 0.717) is 35.0 Å². The minimum Gasteiger partial charge on any atom is -0.480 e. The molecule has 2 N–H and O–H groups in total. The zero-order valence-electron chi connectivity index (χ0n) is 20.5. The third-order valence-corrected chi connectivity index (χ3v) is 6.47. The number of nitrogens with zero attached hydrogens (tertiary/aromatic N) is 1. The number of rotatable bonds is 6. The number of ether oxygens (including phenoxy) is 1. The van der Waals surface area contributed by atoms with Gasteiger partial charge in [-0.1, -0.05) is 50.6 Å². The predicted molar refractivity (Wildman–Crippen MR) is 140 cm³/mol. The molecule has 1 aliphatic heterocycles. The quantitative estimate of drug-likeness (QED) is 0.378. The van der Waals surface area contributed by atoms with Crippen LogP contribution in [0.4, 0.5) is 20.6 Å². The number of urea groups is 1. The van der Waals surface area contributed by atoms with Crippen molar-refractivity contribution in [3.63, 3.8) is 0 Å². The summed E-state index contributed by atoms with van der Waals surface area (Å²) in [5.74, 6) is 0.382. The first-order valence-electron chi connectivity index (χ1n) is 11.9. The highest BCUT2D eigenvalue weighted by atomic mass is 35.5. The van der Waals surface area contributed by atoms with E-state index in [1.807, 2.05) is 31.2 Å². The number of hydrogen-bond donors (Lipinski definition) is 2. The largest absolute Gasteiger partial charge is 0.480 e. The van der Waals surface area contributed by atoms with E-state index < -0.39 is 11.9 Å². The molecule has 188 valence electrons. The molecule has 0 spiro atoms. The highest BCUT2D eigenvalue weighted by Crippen LogP contribution is 2.31. The molecule has 0 bridgehead atoms. The van der Waals surface area contributed by atoms with Crippen molar-refractivity contribution in [2.45, 2.75) is 52.3 Å². The molecule has 36 heavy (non-hydrogen) atoms. The Morgan fingerprint density at radius 1 is 1.08 bits per heavy atom. The fourth-order valence-electron chi connectivity index (χ4n) is 4.08. The maximum absolute atomic E-state index is 13.5. The summed E-state index contributed by atoms with van der Waals surface area (Å²) in [4.78, 5) is 27.4. The fraction of sp³-hybridized carbons (Fsp3) is 0.286. The van der Waals surface area contributed by atoms with Gasteiger partial charge in [-0.05, 0) is 65.9 Å². The van der Waals surface area contributed by atoms with E-state index in [2.05, 4.69) is 24.5 Å². The summed E-state index contributed by atoms with van der Waals surface area (Å²) in [5, 5.41) is 5.94. The second-order valence-corrected chi connectivity index (χ2v) is 9.53. The van der Waals surface area contributed by atoms with Crippen LogP contribution in [0.3, 0.4) is 0 Å². The molecule has 6 nitrogen and oxygen atoms in total. The fourth-order valence-corrected chi connectivity index (χ4v) is 4.31. The second kappa shape index (κ2) is 11.0. The number of nitrogens with one attached hydrogen (secondary N) is 2. The lowest BCUT2D eigenvalue weighted by Crippen LogP contribution is -2.38. The molecule has 8 heteroatoms. The molecule has 1 unspecified atom stereocenters. The maximum Gasteiger partial charge on any atom is 0.323 e. The number of benzene rings is 3. The molecule has 0 fully saturated rings. The molecule has 0 aliphatic carbocycles. The Bertz CT molecular complexity index is 1260. The topological polar surface area (TPSA) is 70.7 Å². The lowest BCUT2D eigenvalue weighted by molar-refractivity contribution is -0.139. The number of carbonyl (C=O) groups is 2. The first-order chi connectivity index (χ1) is 17.2. The lowest BCUT2D eigenvalue weighted by atomic mass is 10.0. The SMILES string of the molecule is CCC1Oc2ccc(NC(=O)Nc3ccc(C(C)C)cc3)cc2CN(Cc2ccc(F)cc2Cl)C1=O. The van der Waals surface area contributed by atoms with Crippen molar-refractivity contribution in [3.8, 4) is 5.75 Å². The van der Waals surface area contributed by atoms with Gasteiger partial charge in [0.25, 0.3) is 5.91 Å². The average Bonchev–Trinajstić information content (AvgIpc) is 2.97. The van der Waals surface area contributed by atoms with Gasteiger partial charge in [-0.15, -0.1) is 0 Å². The first kappa shape index (κ1) is 25.5. The maximum atomic E-state index is 13.5. The van der Waals surface area contributed by atoms with E-state index in [1.54, 1.807) is 29.2 Å². The predicted octanol–water partition coefficient (Wildman–Crippen LogP) is 6.95. The van der Waals surface area contributed by atoms with Crippen LogP contribution in [0.5, 0.6) is 5.75 Å². The van der Waals surface area contributed by atoms with Crippen molar-refractivity contribution < 1.29 is 18.7 Å². The number of anilines is 2. The normalized spacial score (nSPS) is 15.2. The van der Waals surface area contributed by atoms with E-state index in [4.69, 9.17) is 16.3 Å². The Morgan fingerprint density at radius 2 is 1.78 bits per heavy atom. The Kier molecular flexibility index (Phi) is 7.79. The van der Waals surface area contributed by atoms with Gasteiger partial charge in [0, 0.05) is 35.1 Å². The summed E-state index contributed by atoms with van der Waals surface area (Å²) in [6, 6.07) is 16.8. The van der Waals surface area contributed by atoms with Crippen LogP contribution >= 0.6 is 11.6 Å². The molecule has 3 amide bonds. The number of fused-ring (bicyclic) bond motifs is 1. The lowest BCUT2D eigenvalue weighted by Gasteiger charge is -2.23. The second-order valence-electron chi connectivity index (χ2n) is 9.12. The van der Waals surface area contributed by atoms with Gasteiger partial charge in [0.2, 0.25) is 0 Å². The van der Waals surface area contributed by atoms with Crippen LogP contribution in [0.25, 0.3) is 0 Å². The van der Waals surface area contributed by atoms with Crippen molar-refractivity contribution in [1.29, 1.82) is 0 Å². The molecule has 0 aromatic heterocycles. The third kappa shape index (κ3) is 5.97. The molecule has 3 aromatic rings. The van der Waals surface area contributed by atoms with Crippen molar-refractivity contribution in [2.24, 2.45) is 0 Å². The van der Waals surface area contributed by atoms with Gasteiger partial charge in [0.05, 0.1) is 0 Å². The third-order valence-electron chi connectivity index (χ3n) is 6.12. The van der Waals surface area contributed by atoms with E-state index in [1.165, 1.54) is 17.7 Å². The van der Waals surface area contributed by atoms with Gasteiger partial charge in [0.1, 0.15) is 11.6 Å². The minimum atomic E-state index is -0.651. The van der Waals surface area contributed by atoms with Gasteiger partial charge in [-0.25, -0.2) is 9.18 Å². The summed E-state index contributed by atoms with van der Waals surface area (Å²) >= 11 is 6.22. The standard InChI is InChI=1S/C28H29ClFN3O3/c1-4-25-27(34)33(15-19-5-8-21(30)14-24(19)29)16-20-13-23(11-12-26(20)36-25)32-28(35)31-22-9-6-18(7-10-22)17(2)3/h5-14,17,25H,4,15-16H2,1-3H3,(H2,31,32,35). The van der Waals surface area contributed by atoms with Crippen LogP contribution in [0.2, 0.25) is 5.02 Å². The van der Waals surface area contributed by atoms with Crippen molar-refractivity contribution >= 4 is 34.9 Å². The molecule has 0 saturated heterocycles. The molecule has 0 radical (unpaired) electrons. The zero-order chi connectivity index (χ0) is 25.8. The Hall–Kier alpha value is -3.58. The number of hydrogen-bond acceptors (Lipinski definition) is 3. The number of amides is 3. The molecule has 0 saturated carbocycles. The monoisotopic (exact) mass is 509 g/mol. The summed E-state index contributed by atoms with van der Waals surface area (Å²) in [6.45, 7) is 6.57. The van der Waals surface area contributed by atoms with Crippen molar-refractivity contribution in [1.82, 2.24) is 4.90 Å². The highest BCUT2D eigenvalue weighted by molar-refractivity contribution is 6.31. The van der Waals surface area contributed by atoms with Crippen LogP contribution < -0.4 is 15.4 Å². The molecule has 1 atom stereocenters. The zero-order valence-corrected chi connectivity index (χ0v) is 21.2. The molecule has 1 heterocycles. The number of carbonyl (C=O) groups excluding carboxylic acids is 2. The minimum absolute atomic E-state index is 0.175. The molecular weight excluding hydrogens is 481 g/mol. The van der Waals surface area contributed by atoms with E-state index in [0.717, 1.165) is 5.56 Å². The van der Waals surface area contributed by atoms with Crippen LogP contribution in [-0.2, 0) is 17.9 Å². The van der Waals surface area contributed by atoms with Gasteiger partial charge >= 0.3 is 6.03 Å². The van der Waals surface area contributed by atoms with Gasteiger partial charge in [-0.2, -0.15) is 0 Å². The van der Waals surface area contributed by atoms with Gasteiger partial charge in [0.15, 0.2) is 6.10 Å². The van der Waals surface area contributed by atoms with Gasteiger partial charge < -0.3 is 20.3 Å². The Morgan fingerprint density at radius 3 is 2.44 bits per heavy atom. The van der Waals surface area contributed by atoms with Crippen molar-refractivity contribution in [2.75, 3.05) is 10.6 Å². The van der Waals surface area contributed by atoms with E-state index in [9.17, 15) is 14.0 Å². The molecule has 1 aliphatic rings. The van der Waals surface area contributed by atoms with Crippen LogP contribution in [0.1, 0.15) is 49.8 Å². The summed E-state index contributed by atoms with van der Waals surface area (Å²) in [6.07, 6.45) is -0.161. The van der Waals surface area contributed by atoms with E-state index >= 15 is 0 Å². The molecular formula is C28H29ClFN3O3. The van der Waals surface area contributed by atoms with Crippen LogP contribution in [0.15, 0.2) is 60.7 Å². The average molecular weight is 510 g/mol. The van der Waals surface area contributed by atoms with E-state index in [-0.39, 0.29) is 30.1 Å². The summed E-state index contributed by atoms with van der Waals surface area (Å²) < 4.78 is 19.5. The molecule has 4 rings (SSSR count). The van der Waals surface area contributed by atoms with Crippen LogP contribution in [-0.4, -0.2) is 22.9 Å². The summed E-state index contributed by atoms with van der Waals surface area (Å²) in [7, 11) is 0. The highest BCUT2D eigenvalue weighted by Gasteiger charge is 2.30. The Labute approximate surface area is 215 Å². The van der Waals surface area contributed by atoms with Crippen molar-refractivity contribution in [3.05, 3.63) is 88.2 Å². The first-order valence-corrected chi connectivity index (χ1v) is 12.3. The molecule has 3 aromatic carbocycles. The smallest absolute Gasteiger partial charge is 0.323 e. The Balaban J connectivity index is 1.51. The summed E-state index contributed by atoms with van der Waals surface area (Å²) in [5.41, 5.74) is 3.83.